The third-order valence-corrected chi connectivity index (χ3v) is 5.69. The summed E-state index contributed by atoms with van der Waals surface area (Å²) >= 11 is 13.1. The fraction of sp³-hybridized carbons (Fsp3) is 0.125. The highest BCUT2D eigenvalue weighted by Gasteiger charge is 2.13. The molecule has 0 spiro atoms. The lowest BCUT2D eigenvalue weighted by atomic mass is 10.1. The van der Waals surface area contributed by atoms with Crippen molar-refractivity contribution < 1.29 is 14.3 Å². The molecule has 0 saturated heterocycles. The Bertz CT molecular complexity index is 1080. The average Bonchev–Trinajstić information content (AvgIpc) is 2.75. The van der Waals surface area contributed by atoms with Gasteiger partial charge in [-0.15, -0.1) is 0 Å². The third kappa shape index (κ3) is 6.86. The highest BCUT2D eigenvalue weighted by Crippen LogP contribution is 2.38. The molecular weight excluding hydrogens is 546 g/mol. The summed E-state index contributed by atoms with van der Waals surface area (Å²) in [6, 6.07) is 18.6. The van der Waals surface area contributed by atoms with Crippen LogP contribution in [0.3, 0.4) is 0 Å². The number of ether oxygens (including phenoxy) is 2. The Labute approximate surface area is 203 Å². The second-order valence-electron chi connectivity index (χ2n) is 6.47. The van der Waals surface area contributed by atoms with Gasteiger partial charge in [0.2, 0.25) is 5.91 Å². The van der Waals surface area contributed by atoms with E-state index in [0.717, 1.165) is 25.8 Å². The third-order valence-electron chi connectivity index (χ3n) is 4.20. The van der Waals surface area contributed by atoms with Gasteiger partial charge in [-0.05, 0) is 77.0 Å². The van der Waals surface area contributed by atoms with E-state index in [4.69, 9.17) is 21.1 Å². The van der Waals surface area contributed by atoms with Crippen molar-refractivity contribution in [2.45, 2.75) is 13.5 Å². The normalized spacial score (nSPS) is 10.8. The van der Waals surface area contributed by atoms with Gasteiger partial charge in [-0.1, -0.05) is 45.7 Å². The van der Waals surface area contributed by atoms with Gasteiger partial charge in [0.25, 0.3) is 0 Å². The lowest BCUT2D eigenvalue weighted by Gasteiger charge is -2.15. The summed E-state index contributed by atoms with van der Waals surface area (Å²) in [6.07, 6.45) is 3.20. The van der Waals surface area contributed by atoms with E-state index in [1.165, 1.54) is 6.08 Å². The van der Waals surface area contributed by atoms with Crippen molar-refractivity contribution in [3.8, 4) is 11.5 Å². The van der Waals surface area contributed by atoms with Crippen molar-refractivity contribution in [3.05, 3.63) is 91.8 Å². The maximum Gasteiger partial charge on any atom is 0.248 e. The van der Waals surface area contributed by atoms with Crippen LogP contribution in [0, 0.1) is 0 Å². The Hall–Kier alpha value is -2.28. The predicted octanol–water partition coefficient (Wildman–Crippen LogP) is 7.49. The minimum atomic E-state index is -0.226. The quantitative estimate of drug-likeness (QED) is 0.288. The van der Waals surface area contributed by atoms with Gasteiger partial charge < -0.3 is 14.8 Å². The largest absolute Gasteiger partial charge is 0.490 e. The molecular formula is C24H20Br2ClNO3. The minimum absolute atomic E-state index is 0.226. The first-order valence-corrected chi connectivity index (χ1v) is 11.5. The molecule has 3 aromatic rings. The van der Waals surface area contributed by atoms with Crippen LogP contribution in [0.5, 0.6) is 11.5 Å². The van der Waals surface area contributed by atoms with Crippen LogP contribution in [0.25, 0.3) is 6.08 Å². The Morgan fingerprint density at radius 2 is 1.81 bits per heavy atom. The summed E-state index contributed by atoms with van der Waals surface area (Å²) < 4.78 is 13.4. The molecule has 3 rings (SSSR count). The van der Waals surface area contributed by atoms with Crippen molar-refractivity contribution in [2.24, 2.45) is 0 Å². The maximum atomic E-state index is 12.2. The predicted molar refractivity (Wildman–Crippen MR) is 133 cm³/mol. The molecule has 0 aliphatic rings. The summed E-state index contributed by atoms with van der Waals surface area (Å²) in [5.74, 6) is 0.936. The molecule has 0 aliphatic heterocycles. The summed E-state index contributed by atoms with van der Waals surface area (Å²) in [5, 5.41) is 3.47. The van der Waals surface area contributed by atoms with E-state index in [2.05, 4.69) is 37.2 Å². The molecule has 4 nitrogen and oxygen atoms in total. The maximum absolute atomic E-state index is 12.2. The van der Waals surface area contributed by atoms with Crippen LogP contribution in [0.4, 0.5) is 5.69 Å². The van der Waals surface area contributed by atoms with Crippen LogP contribution in [0.15, 0.2) is 75.7 Å². The number of carbonyl (C=O) groups excluding carboxylic acids is 1. The molecule has 0 atom stereocenters. The second kappa shape index (κ2) is 11.4. The van der Waals surface area contributed by atoms with E-state index < -0.39 is 0 Å². The molecule has 160 valence electrons. The number of anilines is 1. The Kier molecular flexibility index (Phi) is 8.58. The van der Waals surface area contributed by atoms with Gasteiger partial charge in [0.05, 0.1) is 11.1 Å². The van der Waals surface area contributed by atoms with Gasteiger partial charge >= 0.3 is 0 Å². The molecule has 0 radical (unpaired) electrons. The summed E-state index contributed by atoms with van der Waals surface area (Å²) in [5.41, 5.74) is 2.40. The fourth-order valence-electron chi connectivity index (χ4n) is 2.74. The summed E-state index contributed by atoms with van der Waals surface area (Å²) in [6.45, 7) is 2.69. The summed E-state index contributed by atoms with van der Waals surface area (Å²) in [7, 11) is 0. The van der Waals surface area contributed by atoms with E-state index >= 15 is 0 Å². The second-order valence-corrected chi connectivity index (χ2v) is 8.65. The Morgan fingerprint density at radius 1 is 1.06 bits per heavy atom. The SMILES string of the molecule is CCOc1cc(/C=C/C(=O)Nc2ccc(Br)cc2)cc(Br)c1OCc1ccccc1Cl. The zero-order chi connectivity index (χ0) is 22.2. The minimum Gasteiger partial charge on any atom is -0.490 e. The molecule has 31 heavy (non-hydrogen) atoms. The number of nitrogens with one attached hydrogen (secondary N) is 1. The van der Waals surface area contributed by atoms with Gasteiger partial charge in [0.15, 0.2) is 11.5 Å². The van der Waals surface area contributed by atoms with Crippen molar-refractivity contribution in [1.82, 2.24) is 0 Å². The number of hydrogen-bond donors (Lipinski definition) is 1. The van der Waals surface area contributed by atoms with Crippen LogP contribution in [-0.4, -0.2) is 12.5 Å². The topological polar surface area (TPSA) is 47.6 Å². The summed E-state index contributed by atoms with van der Waals surface area (Å²) in [4.78, 5) is 12.2. The van der Waals surface area contributed by atoms with E-state index in [-0.39, 0.29) is 5.91 Å². The monoisotopic (exact) mass is 563 g/mol. The number of rotatable bonds is 8. The number of carbonyl (C=O) groups is 1. The highest BCUT2D eigenvalue weighted by atomic mass is 79.9. The van der Waals surface area contributed by atoms with Gasteiger partial charge in [-0.2, -0.15) is 0 Å². The molecule has 1 amide bonds. The fourth-order valence-corrected chi connectivity index (χ4v) is 3.77. The van der Waals surface area contributed by atoms with Crippen LogP contribution >= 0.6 is 43.5 Å². The Balaban J connectivity index is 1.74. The average molecular weight is 566 g/mol. The van der Waals surface area contributed by atoms with Crippen LogP contribution in [0.2, 0.25) is 5.02 Å². The van der Waals surface area contributed by atoms with Gasteiger partial charge in [0, 0.05) is 26.8 Å². The first kappa shape index (κ1) is 23.4. The van der Waals surface area contributed by atoms with E-state index in [1.807, 2.05) is 67.6 Å². The lowest BCUT2D eigenvalue weighted by Crippen LogP contribution is -2.07. The molecule has 0 fully saturated rings. The molecule has 0 bridgehead atoms. The molecule has 7 heteroatoms. The van der Waals surface area contributed by atoms with Crippen LogP contribution in [-0.2, 0) is 11.4 Å². The number of benzene rings is 3. The molecule has 0 saturated carbocycles. The lowest BCUT2D eigenvalue weighted by molar-refractivity contribution is -0.111. The van der Waals surface area contributed by atoms with Crippen molar-refractivity contribution in [3.63, 3.8) is 0 Å². The first-order chi connectivity index (χ1) is 15.0. The molecule has 1 N–H and O–H groups in total. The molecule has 0 unspecified atom stereocenters. The van der Waals surface area contributed by atoms with E-state index in [0.29, 0.717) is 29.7 Å². The standard InChI is InChI=1S/C24H20Br2ClNO3/c1-2-30-22-14-16(7-12-23(29)28-19-10-8-18(25)9-11-19)13-20(26)24(22)31-15-17-5-3-4-6-21(17)27/h3-14H,2,15H2,1H3,(H,28,29)/b12-7+. The van der Waals surface area contributed by atoms with Crippen molar-refractivity contribution in [2.75, 3.05) is 11.9 Å². The molecule has 0 aromatic heterocycles. The van der Waals surface area contributed by atoms with Crippen molar-refractivity contribution in [1.29, 1.82) is 0 Å². The Morgan fingerprint density at radius 3 is 2.52 bits per heavy atom. The molecule has 0 aliphatic carbocycles. The number of halogens is 3. The van der Waals surface area contributed by atoms with Gasteiger partial charge in [-0.3, -0.25) is 4.79 Å². The number of hydrogen-bond acceptors (Lipinski definition) is 3. The smallest absolute Gasteiger partial charge is 0.248 e. The highest BCUT2D eigenvalue weighted by molar-refractivity contribution is 9.10. The number of amides is 1. The van der Waals surface area contributed by atoms with Crippen molar-refractivity contribution >= 4 is 61.1 Å². The first-order valence-electron chi connectivity index (χ1n) is 9.53. The zero-order valence-corrected chi connectivity index (χ0v) is 20.6. The molecule has 0 heterocycles. The van der Waals surface area contributed by atoms with E-state index in [9.17, 15) is 4.79 Å². The molecule has 3 aromatic carbocycles. The van der Waals surface area contributed by atoms with Gasteiger partial charge in [-0.25, -0.2) is 0 Å². The van der Waals surface area contributed by atoms with Crippen LogP contribution < -0.4 is 14.8 Å². The zero-order valence-electron chi connectivity index (χ0n) is 16.7. The van der Waals surface area contributed by atoms with E-state index in [1.54, 1.807) is 6.08 Å². The van der Waals surface area contributed by atoms with Gasteiger partial charge in [0.1, 0.15) is 6.61 Å². The van der Waals surface area contributed by atoms with Crippen LogP contribution in [0.1, 0.15) is 18.1 Å².